The highest BCUT2D eigenvalue weighted by molar-refractivity contribution is 7.51. The summed E-state index contributed by atoms with van der Waals surface area (Å²) in [6.07, 6.45) is 0. The quantitative estimate of drug-likeness (QED) is 0.654. The second-order valence-corrected chi connectivity index (χ2v) is 6.95. The van der Waals surface area contributed by atoms with Crippen molar-refractivity contribution in [1.29, 1.82) is 0 Å². The van der Waals surface area contributed by atoms with E-state index >= 15 is 0 Å². The van der Waals surface area contributed by atoms with Crippen molar-refractivity contribution in [3.05, 3.63) is 71.8 Å². The van der Waals surface area contributed by atoms with E-state index in [0.717, 1.165) is 7.11 Å². The second kappa shape index (κ2) is 5.87. The summed E-state index contributed by atoms with van der Waals surface area (Å²) in [5.74, 6) is -0.863. The first-order valence-corrected chi connectivity index (χ1v) is 8.63. The predicted molar refractivity (Wildman–Crippen MR) is 85.9 cm³/mol. The van der Waals surface area contributed by atoms with Crippen molar-refractivity contribution in [2.45, 2.75) is 5.54 Å². The van der Waals surface area contributed by atoms with Gasteiger partial charge in [0.05, 0.1) is 0 Å². The summed E-state index contributed by atoms with van der Waals surface area (Å²) in [6, 6.07) is 16.1. The first-order valence-electron chi connectivity index (χ1n) is 7.10. The zero-order valence-corrected chi connectivity index (χ0v) is 13.6. The lowest BCUT2D eigenvalue weighted by atomic mass is 9.83. The molecular formula is C16H15N2O5P. The molecule has 24 heavy (non-hydrogen) atoms. The van der Waals surface area contributed by atoms with Crippen molar-refractivity contribution < 1.29 is 23.6 Å². The minimum absolute atomic E-state index is 0.257. The van der Waals surface area contributed by atoms with Gasteiger partial charge in [0.1, 0.15) is 0 Å². The number of hydrogen-bond donors (Lipinski definition) is 2. The monoisotopic (exact) mass is 346 g/mol. The number of carbonyl (C=O) groups is 2. The number of hydrogen-bond acceptors (Lipinski definition) is 4. The van der Waals surface area contributed by atoms with E-state index in [9.17, 15) is 19.0 Å². The van der Waals surface area contributed by atoms with Crippen molar-refractivity contribution in [2.24, 2.45) is 0 Å². The van der Waals surface area contributed by atoms with Gasteiger partial charge in [-0.3, -0.25) is 9.32 Å². The summed E-state index contributed by atoms with van der Waals surface area (Å²) in [5.41, 5.74) is -0.627. The Kier molecular flexibility index (Phi) is 4.01. The third kappa shape index (κ3) is 2.34. The molecule has 0 aromatic heterocycles. The standard InChI is InChI=1S/C16H15N2O5P/c1-23-24(21,22)18-14(19)16(17-15(18)20,12-8-4-2-5-9-12)13-10-6-3-7-11-13/h2-11H,1H3,(H,17,20)(H,21,22). The van der Waals surface area contributed by atoms with Gasteiger partial charge >= 0.3 is 13.8 Å². The third-order valence-electron chi connectivity index (χ3n) is 3.90. The predicted octanol–water partition coefficient (Wildman–Crippen LogP) is 2.23. The molecule has 1 atom stereocenters. The molecule has 2 aromatic rings. The van der Waals surface area contributed by atoms with Gasteiger partial charge in [-0.2, -0.15) is 4.67 Å². The van der Waals surface area contributed by atoms with Crippen LogP contribution < -0.4 is 5.32 Å². The fourth-order valence-corrected chi connectivity index (χ4v) is 3.59. The average Bonchev–Trinajstić information content (AvgIpc) is 2.88. The fraction of sp³-hybridized carbons (Fsp3) is 0.125. The molecule has 1 heterocycles. The molecule has 0 aliphatic carbocycles. The van der Waals surface area contributed by atoms with Gasteiger partial charge in [0.25, 0.3) is 5.91 Å². The molecule has 0 saturated carbocycles. The van der Waals surface area contributed by atoms with Crippen molar-refractivity contribution in [3.8, 4) is 0 Å². The molecular weight excluding hydrogens is 331 g/mol. The Bertz CT molecular complexity index is 785. The van der Waals surface area contributed by atoms with Crippen LogP contribution in [0.1, 0.15) is 11.1 Å². The SMILES string of the molecule is COP(=O)(O)N1C(=O)NC(c2ccccc2)(c2ccccc2)C1=O. The van der Waals surface area contributed by atoms with Gasteiger partial charge in [-0.15, -0.1) is 0 Å². The van der Waals surface area contributed by atoms with E-state index in [1.54, 1.807) is 60.7 Å². The Labute approximate surface area is 138 Å². The van der Waals surface area contributed by atoms with Crippen LogP contribution in [0.4, 0.5) is 4.79 Å². The van der Waals surface area contributed by atoms with Gasteiger partial charge in [0.2, 0.25) is 0 Å². The van der Waals surface area contributed by atoms with E-state index in [-0.39, 0.29) is 4.67 Å². The number of carbonyl (C=O) groups excluding carboxylic acids is 2. The summed E-state index contributed by atoms with van der Waals surface area (Å²) in [4.78, 5) is 35.3. The highest BCUT2D eigenvalue weighted by Crippen LogP contribution is 2.51. The molecule has 7 nitrogen and oxygen atoms in total. The van der Waals surface area contributed by atoms with Gasteiger partial charge in [-0.05, 0) is 11.1 Å². The van der Waals surface area contributed by atoms with Gasteiger partial charge in [-0.25, -0.2) is 9.36 Å². The lowest BCUT2D eigenvalue weighted by Crippen LogP contribution is -2.44. The van der Waals surface area contributed by atoms with Crippen LogP contribution in [-0.2, 0) is 19.4 Å². The van der Waals surface area contributed by atoms with Crippen molar-refractivity contribution in [1.82, 2.24) is 9.99 Å². The Balaban J connectivity index is 2.24. The Morgan fingerprint density at radius 2 is 1.46 bits per heavy atom. The number of nitrogens with zero attached hydrogens (tertiary/aromatic N) is 1. The van der Waals surface area contributed by atoms with Crippen LogP contribution in [0.15, 0.2) is 60.7 Å². The molecule has 3 amide bonds. The van der Waals surface area contributed by atoms with E-state index in [1.165, 1.54) is 0 Å². The molecule has 2 aromatic carbocycles. The number of rotatable bonds is 4. The van der Waals surface area contributed by atoms with E-state index in [4.69, 9.17) is 0 Å². The maximum absolute atomic E-state index is 13.1. The Hall–Kier alpha value is -2.47. The lowest BCUT2D eigenvalue weighted by molar-refractivity contribution is -0.127. The molecule has 0 bridgehead atoms. The molecule has 0 spiro atoms. The van der Waals surface area contributed by atoms with Gasteiger partial charge in [-0.1, -0.05) is 60.7 Å². The summed E-state index contributed by atoms with van der Waals surface area (Å²) in [5, 5.41) is 2.57. The van der Waals surface area contributed by atoms with E-state index in [1.807, 2.05) is 0 Å². The Morgan fingerprint density at radius 3 is 1.88 bits per heavy atom. The van der Waals surface area contributed by atoms with Crippen LogP contribution in [0.5, 0.6) is 0 Å². The Morgan fingerprint density at radius 1 is 1.00 bits per heavy atom. The molecule has 124 valence electrons. The van der Waals surface area contributed by atoms with E-state index < -0.39 is 25.2 Å². The maximum atomic E-state index is 13.1. The zero-order chi connectivity index (χ0) is 17.4. The fourth-order valence-electron chi connectivity index (χ4n) is 2.76. The first-order chi connectivity index (χ1) is 11.4. The molecule has 2 N–H and O–H groups in total. The highest BCUT2D eigenvalue weighted by atomic mass is 31.2. The number of nitrogens with one attached hydrogen (secondary N) is 1. The molecule has 1 fully saturated rings. The van der Waals surface area contributed by atoms with Gasteiger partial charge in [0, 0.05) is 7.11 Å². The van der Waals surface area contributed by atoms with E-state index in [2.05, 4.69) is 9.84 Å². The second-order valence-electron chi connectivity index (χ2n) is 5.20. The number of imide groups is 1. The van der Waals surface area contributed by atoms with Crippen LogP contribution in [0.2, 0.25) is 0 Å². The smallest absolute Gasteiger partial charge is 0.315 e. The topological polar surface area (TPSA) is 95.9 Å². The summed E-state index contributed by atoms with van der Waals surface area (Å²) in [7, 11) is -3.62. The molecule has 1 unspecified atom stereocenters. The van der Waals surface area contributed by atoms with Crippen LogP contribution >= 0.6 is 7.75 Å². The van der Waals surface area contributed by atoms with Crippen molar-refractivity contribution >= 4 is 19.7 Å². The van der Waals surface area contributed by atoms with Crippen LogP contribution in [-0.4, -0.2) is 28.6 Å². The van der Waals surface area contributed by atoms with Gasteiger partial charge in [0.15, 0.2) is 5.54 Å². The summed E-state index contributed by atoms with van der Waals surface area (Å²) in [6.45, 7) is 0. The van der Waals surface area contributed by atoms with Crippen LogP contribution in [0, 0.1) is 0 Å². The maximum Gasteiger partial charge on any atom is 0.443 e. The van der Waals surface area contributed by atoms with Crippen LogP contribution in [0.3, 0.4) is 0 Å². The summed E-state index contributed by atoms with van der Waals surface area (Å²) >= 11 is 0. The average molecular weight is 346 g/mol. The minimum atomic E-state index is -4.58. The highest BCUT2D eigenvalue weighted by Gasteiger charge is 2.59. The third-order valence-corrected chi connectivity index (χ3v) is 5.25. The minimum Gasteiger partial charge on any atom is -0.315 e. The number of urea groups is 1. The van der Waals surface area contributed by atoms with Gasteiger partial charge < -0.3 is 10.2 Å². The normalized spacial score (nSPS) is 19.0. The molecule has 0 radical (unpaired) electrons. The van der Waals surface area contributed by atoms with Crippen molar-refractivity contribution in [3.63, 3.8) is 0 Å². The molecule has 3 rings (SSSR count). The van der Waals surface area contributed by atoms with E-state index in [0.29, 0.717) is 11.1 Å². The molecule has 1 aliphatic rings. The number of benzene rings is 2. The number of amides is 3. The molecule has 1 saturated heterocycles. The largest absolute Gasteiger partial charge is 0.443 e. The first kappa shape index (κ1) is 16.4. The van der Waals surface area contributed by atoms with Crippen LogP contribution in [0.25, 0.3) is 0 Å². The van der Waals surface area contributed by atoms with Crippen molar-refractivity contribution in [2.75, 3.05) is 7.11 Å². The zero-order valence-electron chi connectivity index (χ0n) is 12.7. The molecule has 1 aliphatic heterocycles. The lowest BCUT2D eigenvalue weighted by Gasteiger charge is -2.28. The summed E-state index contributed by atoms with van der Waals surface area (Å²) < 4.78 is 16.9. The molecule has 8 heteroatoms.